The van der Waals surface area contributed by atoms with Crippen molar-refractivity contribution < 1.29 is 0 Å². The highest BCUT2D eigenvalue weighted by atomic mass is 35.5. The molecular weight excluding hydrogens is 270 g/mol. The van der Waals surface area contributed by atoms with Crippen molar-refractivity contribution >= 4 is 11.6 Å². The number of hydrogen-bond acceptors (Lipinski definition) is 2. The number of aromatic nitrogens is 2. The summed E-state index contributed by atoms with van der Waals surface area (Å²) in [4.78, 5) is 0. The quantitative estimate of drug-likeness (QED) is 0.932. The molecule has 0 aliphatic carbocycles. The fourth-order valence-electron chi connectivity index (χ4n) is 2.29. The lowest BCUT2D eigenvalue weighted by Gasteiger charge is -2.17. The Morgan fingerprint density at radius 2 is 2.00 bits per heavy atom. The molecule has 0 radical (unpaired) electrons. The maximum absolute atomic E-state index is 5.99. The molecule has 0 bridgehead atoms. The van der Waals surface area contributed by atoms with Crippen molar-refractivity contribution in [3.63, 3.8) is 0 Å². The van der Waals surface area contributed by atoms with Gasteiger partial charge in [0, 0.05) is 42.3 Å². The number of rotatable bonds is 4. The Morgan fingerprint density at radius 1 is 1.25 bits per heavy atom. The normalized spacial score (nSPS) is 11.8. The van der Waals surface area contributed by atoms with Crippen LogP contribution in [-0.2, 0) is 25.6 Å². The highest BCUT2D eigenvalue weighted by molar-refractivity contribution is 6.30. The molecule has 0 fully saturated rings. The van der Waals surface area contributed by atoms with Gasteiger partial charge in [0.2, 0.25) is 0 Å². The van der Waals surface area contributed by atoms with E-state index in [9.17, 15) is 0 Å². The third kappa shape index (κ3) is 3.84. The minimum absolute atomic E-state index is 0.0638. The van der Waals surface area contributed by atoms with Gasteiger partial charge in [-0.2, -0.15) is 5.10 Å². The van der Waals surface area contributed by atoms with Crippen molar-refractivity contribution in [3.8, 4) is 0 Å². The molecule has 20 heavy (non-hydrogen) atoms. The van der Waals surface area contributed by atoms with Gasteiger partial charge in [-0.25, -0.2) is 0 Å². The number of nitrogens with zero attached hydrogens (tertiary/aromatic N) is 2. The molecule has 0 saturated carbocycles. The summed E-state index contributed by atoms with van der Waals surface area (Å²) in [6.07, 6.45) is 2.09. The molecule has 0 unspecified atom stereocenters. The van der Waals surface area contributed by atoms with Crippen LogP contribution in [0.1, 0.15) is 37.6 Å². The summed E-state index contributed by atoms with van der Waals surface area (Å²) in [6, 6.07) is 7.93. The topological polar surface area (TPSA) is 29.9 Å². The van der Waals surface area contributed by atoms with Crippen LogP contribution in [0.3, 0.4) is 0 Å². The molecule has 2 aromatic rings. The number of aryl methyl sites for hydroxylation is 1. The fourth-order valence-corrected chi connectivity index (χ4v) is 2.50. The summed E-state index contributed by atoms with van der Waals surface area (Å²) in [5.74, 6) is 0. The lowest BCUT2D eigenvalue weighted by molar-refractivity contribution is 0.543. The van der Waals surface area contributed by atoms with Gasteiger partial charge in [0.25, 0.3) is 0 Å². The molecule has 4 heteroatoms. The van der Waals surface area contributed by atoms with E-state index in [4.69, 9.17) is 11.6 Å². The summed E-state index contributed by atoms with van der Waals surface area (Å²) in [6.45, 7) is 8.19. The third-order valence-electron chi connectivity index (χ3n) is 3.15. The van der Waals surface area contributed by atoms with Crippen LogP contribution in [0.2, 0.25) is 5.02 Å². The first-order valence-electron chi connectivity index (χ1n) is 6.84. The van der Waals surface area contributed by atoms with Gasteiger partial charge in [-0.3, -0.25) is 4.68 Å². The lowest BCUT2D eigenvalue weighted by atomic mass is 9.89. The third-order valence-corrected chi connectivity index (χ3v) is 3.38. The fraction of sp³-hybridized carbons (Fsp3) is 0.438. The Balaban J connectivity index is 2.01. The van der Waals surface area contributed by atoms with Gasteiger partial charge in [0.15, 0.2) is 0 Å². The number of nitrogens with one attached hydrogen (secondary N) is 1. The molecule has 3 nitrogen and oxygen atoms in total. The minimum atomic E-state index is 0.0638. The molecule has 108 valence electrons. The molecule has 0 aliphatic rings. The van der Waals surface area contributed by atoms with Crippen LogP contribution in [0.5, 0.6) is 0 Å². The van der Waals surface area contributed by atoms with Crippen LogP contribution in [0, 0.1) is 0 Å². The zero-order valence-corrected chi connectivity index (χ0v) is 13.3. The van der Waals surface area contributed by atoms with Crippen molar-refractivity contribution in [1.82, 2.24) is 15.1 Å². The molecule has 0 aliphatic heterocycles. The number of halogens is 1. The van der Waals surface area contributed by atoms with Crippen molar-refractivity contribution in [2.24, 2.45) is 7.05 Å². The van der Waals surface area contributed by atoms with E-state index in [1.165, 1.54) is 11.1 Å². The maximum atomic E-state index is 5.99. The maximum Gasteiger partial charge on any atom is 0.0722 e. The van der Waals surface area contributed by atoms with E-state index < -0.39 is 0 Å². The van der Waals surface area contributed by atoms with Crippen molar-refractivity contribution in [2.45, 2.75) is 39.3 Å². The largest absolute Gasteiger partial charge is 0.308 e. The smallest absolute Gasteiger partial charge is 0.0722 e. The molecule has 0 atom stereocenters. The van der Waals surface area contributed by atoms with Crippen LogP contribution in [0.25, 0.3) is 0 Å². The summed E-state index contributed by atoms with van der Waals surface area (Å²) in [5.41, 5.74) is 3.66. The second-order valence-corrected chi connectivity index (χ2v) is 6.60. The summed E-state index contributed by atoms with van der Waals surface area (Å²) in [7, 11) is 1.97. The second-order valence-electron chi connectivity index (χ2n) is 6.16. The first-order chi connectivity index (χ1) is 9.36. The molecule has 1 N–H and O–H groups in total. The number of benzene rings is 1. The van der Waals surface area contributed by atoms with Crippen LogP contribution in [0.15, 0.2) is 30.5 Å². The molecule has 1 heterocycles. The highest BCUT2D eigenvalue weighted by Crippen LogP contribution is 2.24. The number of hydrogen-bond donors (Lipinski definition) is 1. The van der Waals surface area contributed by atoms with Crippen LogP contribution < -0.4 is 5.32 Å². The molecule has 0 spiro atoms. The lowest BCUT2D eigenvalue weighted by Crippen LogP contribution is -2.19. The van der Waals surface area contributed by atoms with Crippen molar-refractivity contribution in [2.75, 3.05) is 0 Å². The molecule has 0 saturated heterocycles. The predicted molar refractivity (Wildman–Crippen MR) is 83.9 cm³/mol. The second kappa shape index (κ2) is 5.98. The SMILES string of the molecule is Cn1cc(CNCc2cccc(Cl)c2)c(C(C)(C)C)n1. The molecule has 1 aromatic carbocycles. The predicted octanol–water partition coefficient (Wildman–Crippen LogP) is 3.66. The Morgan fingerprint density at radius 3 is 2.65 bits per heavy atom. The van der Waals surface area contributed by atoms with E-state index in [0.717, 1.165) is 23.8 Å². The zero-order chi connectivity index (χ0) is 14.8. The van der Waals surface area contributed by atoms with Gasteiger partial charge in [-0.05, 0) is 17.7 Å². The minimum Gasteiger partial charge on any atom is -0.308 e. The van der Waals surface area contributed by atoms with Crippen LogP contribution in [-0.4, -0.2) is 9.78 Å². The Bertz CT molecular complexity index is 582. The van der Waals surface area contributed by atoms with Crippen LogP contribution >= 0.6 is 11.6 Å². The molecule has 1 aromatic heterocycles. The van der Waals surface area contributed by atoms with E-state index in [2.05, 4.69) is 43.4 Å². The van der Waals surface area contributed by atoms with E-state index >= 15 is 0 Å². The average Bonchev–Trinajstić information content (AvgIpc) is 2.70. The van der Waals surface area contributed by atoms with E-state index in [0.29, 0.717) is 0 Å². The van der Waals surface area contributed by atoms with Crippen molar-refractivity contribution in [3.05, 3.63) is 52.3 Å². The van der Waals surface area contributed by atoms with Gasteiger partial charge in [0.1, 0.15) is 0 Å². The van der Waals surface area contributed by atoms with Gasteiger partial charge in [-0.1, -0.05) is 44.5 Å². The van der Waals surface area contributed by atoms with Gasteiger partial charge < -0.3 is 5.32 Å². The standard InChI is InChI=1S/C16H22ClN3/c1-16(2,3)15-13(11-20(4)19-15)10-18-9-12-6-5-7-14(17)8-12/h5-8,11,18H,9-10H2,1-4H3. The van der Waals surface area contributed by atoms with E-state index in [1.54, 1.807) is 0 Å². The average molecular weight is 292 g/mol. The first-order valence-corrected chi connectivity index (χ1v) is 7.22. The van der Waals surface area contributed by atoms with Gasteiger partial charge in [0.05, 0.1) is 5.69 Å². The molecule has 2 rings (SSSR count). The van der Waals surface area contributed by atoms with Crippen molar-refractivity contribution in [1.29, 1.82) is 0 Å². The van der Waals surface area contributed by atoms with E-state index in [1.807, 2.05) is 29.9 Å². The van der Waals surface area contributed by atoms with E-state index in [-0.39, 0.29) is 5.41 Å². The van der Waals surface area contributed by atoms with Gasteiger partial charge >= 0.3 is 0 Å². The van der Waals surface area contributed by atoms with Gasteiger partial charge in [-0.15, -0.1) is 0 Å². The van der Waals surface area contributed by atoms with Crippen LogP contribution in [0.4, 0.5) is 0 Å². The summed E-state index contributed by atoms with van der Waals surface area (Å²) >= 11 is 5.99. The Hall–Kier alpha value is -1.32. The molecular formula is C16H22ClN3. The molecule has 0 amide bonds. The first kappa shape index (κ1) is 15.1. The highest BCUT2D eigenvalue weighted by Gasteiger charge is 2.21. The Kier molecular flexibility index (Phi) is 4.51. The monoisotopic (exact) mass is 291 g/mol. The summed E-state index contributed by atoms with van der Waals surface area (Å²) in [5, 5.41) is 8.82. The zero-order valence-electron chi connectivity index (χ0n) is 12.6. The summed E-state index contributed by atoms with van der Waals surface area (Å²) < 4.78 is 1.89. The Labute approximate surface area is 126 Å².